The molecule has 0 aliphatic carbocycles. The zero-order valence-electron chi connectivity index (χ0n) is 16.5. The summed E-state index contributed by atoms with van der Waals surface area (Å²) < 4.78 is 110. The van der Waals surface area contributed by atoms with Gasteiger partial charge in [0.05, 0.1) is 16.8 Å². The van der Waals surface area contributed by atoms with Crippen LogP contribution in [0.5, 0.6) is 5.75 Å². The lowest BCUT2D eigenvalue weighted by atomic mass is 10.0. The Morgan fingerprint density at radius 1 is 1.00 bits per heavy atom. The number of ether oxygens (including phenoxy) is 1. The van der Waals surface area contributed by atoms with Crippen LogP contribution in [0, 0.1) is 18.6 Å². The number of anilines is 1. The van der Waals surface area contributed by atoms with Crippen molar-refractivity contribution in [2.45, 2.75) is 33.1 Å². The van der Waals surface area contributed by atoms with E-state index in [0.717, 1.165) is 20.0 Å². The van der Waals surface area contributed by atoms with Gasteiger partial charge < -0.3 is 4.74 Å². The van der Waals surface area contributed by atoms with Crippen molar-refractivity contribution in [2.75, 3.05) is 11.9 Å². The van der Waals surface area contributed by atoms with Crippen molar-refractivity contribution in [3.8, 4) is 5.75 Å². The van der Waals surface area contributed by atoms with E-state index < -0.39 is 63.2 Å². The first kappa shape index (κ1) is 26.5. The number of carbonyl (C=O) groups excluding carboxylic acids is 1. The van der Waals surface area contributed by atoms with E-state index in [9.17, 15) is 39.9 Å². The van der Waals surface area contributed by atoms with E-state index in [2.05, 4.69) is 4.74 Å². The highest BCUT2D eigenvalue weighted by Crippen LogP contribution is 2.42. The monoisotopic (exact) mass is 477 g/mol. The van der Waals surface area contributed by atoms with Crippen LogP contribution in [0.3, 0.4) is 0 Å². The number of benzene rings is 2. The molecule has 172 valence electrons. The average molecular weight is 478 g/mol. The second-order valence-corrected chi connectivity index (χ2v) is 6.16. The molecule has 0 heterocycles. The number of amides is 1. The highest BCUT2D eigenvalue weighted by Gasteiger charge is 2.40. The van der Waals surface area contributed by atoms with Crippen molar-refractivity contribution in [1.29, 1.82) is 0 Å². The van der Waals surface area contributed by atoms with Crippen LogP contribution in [0.2, 0.25) is 5.02 Å². The molecule has 0 aliphatic heterocycles. The molecule has 2 aromatic carbocycles. The first-order valence-corrected chi connectivity index (χ1v) is 8.90. The van der Waals surface area contributed by atoms with Crippen molar-refractivity contribution in [3.63, 3.8) is 0 Å². The van der Waals surface area contributed by atoms with Gasteiger partial charge in [-0.05, 0) is 36.8 Å². The van der Waals surface area contributed by atoms with E-state index in [4.69, 9.17) is 11.6 Å². The molecule has 0 aromatic heterocycles. The highest BCUT2D eigenvalue weighted by molar-refractivity contribution is 6.31. The van der Waals surface area contributed by atoms with Crippen molar-refractivity contribution in [2.24, 2.45) is 0 Å². The van der Waals surface area contributed by atoms with Gasteiger partial charge in [0.2, 0.25) is 0 Å². The SMILES string of the molecule is CC.Cc1cc(C(F)(F)F)cc(C(F)(F)F)c1OC(=O)N(C)c1ccc(F)c(Cl)c1F. The third-order valence-corrected chi connectivity index (χ3v) is 4.09. The zero-order valence-corrected chi connectivity index (χ0v) is 17.2. The summed E-state index contributed by atoms with van der Waals surface area (Å²) in [5, 5.41) is -0.969. The molecule has 0 atom stereocenters. The fourth-order valence-corrected chi connectivity index (χ4v) is 2.47. The first-order valence-electron chi connectivity index (χ1n) is 8.52. The molecule has 1 amide bonds. The molecule has 0 saturated heterocycles. The van der Waals surface area contributed by atoms with Crippen LogP contribution in [-0.2, 0) is 12.4 Å². The third-order valence-electron chi connectivity index (χ3n) is 3.75. The highest BCUT2D eigenvalue weighted by atomic mass is 35.5. The Balaban J connectivity index is 0.00000233. The second kappa shape index (κ2) is 9.71. The number of hydrogen-bond donors (Lipinski definition) is 0. The van der Waals surface area contributed by atoms with Gasteiger partial charge in [-0.25, -0.2) is 13.6 Å². The third kappa shape index (κ3) is 5.99. The van der Waals surface area contributed by atoms with Gasteiger partial charge in [0.15, 0.2) is 5.82 Å². The van der Waals surface area contributed by atoms with Gasteiger partial charge in [-0.1, -0.05) is 25.4 Å². The van der Waals surface area contributed by atoms with E-state index in [-0.39, 0.29) is 6.07 Å². The zero-order chi connectivity index (χ0) is 24.3. The number of rotatable bonds is 2. The molecule has 3 nitrogen and oxygen atoms in total. The fourth-order valence-electron chi connectivity index (χ4n) is 2.31. The van der Waals surface area contributed by atoms with Crippen LogP contribution < -0.4 is 9.64 Å². The van der Waals surface area contributed by atoms with Crippen LogP contribution >= 0.6 is 11.6 Å². The fraction of sp³-hybridized carbons (Fsp3) is 0.316. The van der Waals surface area contributed by atoms with E-state index in [1.807, 2.05) is 13.8 Å². The van der Waals surface area contributed by atoms with Crippen LogP contribution in [-0.4, -0.2) is 13.1 Å². The lowest BCUT2D eigenvalue weighted by Gasteiger charge is -2.22. The minimum Gasteiger partial charge on any atom is -0.409 e. The number of halogens is 9. The Labute approximate surface area is 177 Å². The van der Waals surface area contributed by atoms with E-state index in [1.165, 1.54) is 0 Å². The summed E-state index contributed by atoms with van der Waals surface area (Å²) in [6.07, 6.45) is -11.9. The molecule has 2 rings (SSSR count). The summed E-state index contributed by atoms with van der Waals surface area (Å²) >= 11 is 5.38. The van der Waals surface area contributed by atoms with E-state index >= 15 is 0 Å². The van der Waals surface area contributed by atoms with Gasteiger partial charge >= 0.3 is 18.4 Å². The van der Waals surface area contributed by atoms with Crippen LogP contribution in [0.1, 0.15) is 30.5 Å². The summed E-state index contributed by atoms with van der Waals surface area (Å²) in [6.45, 7) is 4.88. The first-order chi connectivity index (χ1) is 14.1. The van der Waals surface area contributed by atoms with Crippen molar-refractivity contribution in [3.05, 3.63) is 57.6 Å². The average Bonchev–Trinajstić information content (AvgIpc) is 2.67. The lowest BCUT2D eigenvalue weighted by molar-refractivity contribution is -0.143. The molecule has 0 spiro atoms. The normalized spacial score (nSPS) is 11.5. The van der Waals surface area contributed by atoms with Crippen LogP contribution in [0.25, 0.3) is 0 Å². The molecule has 31 heavy (non-hydrogen) atoms. The maximum absolute atomic E-state index is 14.0. The van der Waals surface area contributed by atoms with Crippen LogP contribution in [0.4, 0.5) is 45.6 Å². The maximum Gasteiger partial charge on any atom is 0.420 e. The van der Waals surface area contributed by atoms with Gasteiger partial charge in [0.25, 0.3) is 0 Å². The molecule has 0 aliphatic rings. The van der Waals surface area contributed by atoms with Gasteiger partial charge in [-0.15, -0.1) is 0 Å². The van der Waals surface area contributed by atoms with E-state index in [0.29, 0.717) is 17.0 Å². The number of alkyl halides is 6. The topological polar surface area (TPSA) is 29.5 Å². The predicted octanol–water partition coefficient (Wildman–Crippen LogP) is 7.63. The predicted molar refractivity (Wildman–Crippen MR) is 98.3 cm³/mol. The van der Waals surface area contributed by atoms with Crippen molar-refractivity contribution < 1.29 is 44.7 Å². The molecular weight excluding hydrogens is 462 g/mol. The molecule has 0 fully saturated rings. The minimum absolute atomic E-state index is 0.203. The van der Waals surface area contributed by atoms with Gasteiger partial charge in [0, 0.05) is 7.05 Å². The molecule has 0 unspecified atom stereocenters. The Morgan fingerprint density at radius 3 is 2.03 bits per heavy atom. The summed E-state index contributed by atoms with van der Waals surface area (Å²) in [6, 6.07) is 1.65. The van der Waals surface area contributed by atoms with E-state index in [1.54, 1.807) is 0 Å². The largest absolute Gasteiger partial charge is 0.420 e. The number of nitrogens with zero attached hydrogens (tertiary/aromatic N) is 1. The van der Waals surface area contributed by atoms with Crippen LogP contribution in [0.15, 0.2) is 24.3 Å². The minimum atomic E-state index is -5.29. The summed E-state index contributed by atoms with van der Waals surface area (Å²) in [7, 11) is 0.891. The summed E-state index contributed by atoms with van der Waals surface area (Å²) in [5.74, 6) is -3.71. The Kier molecular flexibility index (Phi) is 8.30. The summed E-state index contributed by atoms with van der Waals surface area (Å²) in [4.78, 5) is 12.6. The standard InChI is InChI=1S/C17H10ClF8NO2.C2H6/c1-7-5-8(16(21,22)23)6-9(17(24,25)26)14(7)29-15(28)27(2)11-4-3-10(19)12(18)13(11)20;1-2/h3-6H,1-2H3;1-2H3. The molecule has 0 saturated carbocycles. The van der Waals surface area contributed by atoms with Crippen molar-refractivity contribution in [1.82, 2.24) is 0 Å². The van der Waals surface area contributed by atoms with Gasteiger partial charge in [-0.3, -0.25) is 4.90 Å². The number of carbonyl (C=O) groups is 1. The molecule has 0 N–H and O–H groups in total. The summed E-state index contributed by atoms with van der Waals surface area (Å²) in [5.41, 5.74) is -4.69. The molecular formula is C19H16ClF8NO2. The quantitative estimate of drug-likeness (QED) is 0.329. The second-order valence-electron chi connectivity index (χ2n) is 5.79. The lowest BCUT2D eigenvalue weighted by Crippen LogP contribution is -2.31. The molecule has 2 aromatic rings. The number of aryl methyl sites for hydroxylation is 1. The van der Waals surface area contributed by atoms with Gasteiger partial charge in [-0.2, -0.15) is 26.3 Å². The van der Waals surface area contributed by atoms with Gasteiger partial charge in [0.1, 0.15) is 16.6 Å². The Hall–Kier alpha value is -2.56. The molecule has 0 radical (unpaired) electrons. The number of hydrogen-bond acceptors (Lipinski definition) is 2. The Morgan fingerprint density at radius 2 is 1.55 bits per heavy atom. The maximum atomic E-state index is 14.0. The smallest absolute Gasteiger partial charge is 0.409 e. The molecule has 12 heteroatoms. The Bertz CT molecular complexity index is 957. The molecule has 0 bridgehead atoms. The van der Waals surface area contributed by atoms with Crippen molar-refractivity contribution >= 4 is 23.4 Å².